The van der Waals surface area contributed by atoms with Crippen LogP contribution in [0.5, 0.6) is 0 Å². The molecule has 7 heteroatoms. The van der Waals surface area contributed by atoms with Crippen LogP contribution >= 0.6 is 0 Å². The first kappa shape index (κ1) is 14.0. The molecule has 0 radical (unpaired) electrons. The predicted molar refractivity (Wildman–Crippen MR) is 57.5 cm³/mol. The Morgan fingerprint density at radius 1 is 1.67 bits per heavy atom. The summed E-state index contributed by atoms with van der Waals surface area (Å²) >= 11 is 0. The van der Waals surface area contributed by atoms with Crippen LogP contribution in [0.2, 0.25) is 0 Å². The number of hydrogen-bond donors (Lipinski definition) is 1. The number of pyridine rings is 1. The number of methoxy groups -OCH3 is 1. The standard InChI is InChI=1S/C11H11F2N3O2/c1-18-9(17)2-6-5-16-8(4-15)7(3-14)10(6)11(12)13/h5,11H,2,4,15H2,1H3. The summed E-state index contributed by atoms with van der Waals surface area (Å²) in [6, 6.07) is 1.65. The predicted octanol–water partition coefficient (Wildman–Crippen LogP) is 1.07. The van der Waals surface area contributed by atoms with Crippen molar-refractivity contribution in [3.63, 3.8) is 0 Å². The molecule has 0 aliphatic carbocycles. The van der Waals surface area contributed by atoms with Gasteiger partial charge in [0.1, 0.15) is 6.07 Å². The largest absolute Gasteiger partial charge is 0.469 e. The zero-order chi connectivity index (χ0) is 13.7. The molecule has 0 aliphatic rings. The Balaban J connectivity index is 3.36. The number of hydrogen-bond acceptors (Lipinski definition) is 5. The Hall–Kier alpha value is -2.07. The van der Waals surface area contributed by atoms with Crippen LogP contribution in [0.15, 0.2) is 6.20 Å². The monoisotopic (exact) mass is 255 g/mol. The molecule has 0 spiro atoms. The summed E-state index contributed by atoms with van der Waals surface area (Å²) in [5.74, 6) is -0.678. The average Bonchev–Trinajstić information content (AvgIpc) is 2.37. The van der Waals surface area contributed by atoms with Crippen LogP contribution in [-0.2, 0) is 22.5 Å². The van der Waals surface area contributed by atoms with E-state index in [-0.39, 0.29) is 29.8 Å². The lowest BCUT2D eigenvalue weighted by Crippen LogP contribution is -2.12. The van der Waals surface area contributed by atoms with Crippen LogP contribution < -0.4 is 5.73 Å². The molecule has 0 saturated carbocycles. The highest BCUT2D eigenvalue weighted by Crippen LogP contribution is 2.28. The first-order valence-electron chi connectivity index (χ1n) is 5.00. The van der Waals surface area contributed by atoms with Gasteiger partial charge in [-0.3, -0.25) is 9.78 Å². The molecule has 18 heavy (non-hydrogen) atoms. The Bertz CT molecular complexity index is 498. The topological polar surface area (TPSA) is 89.0 Å². The summed E-state index contributed by atoms with van der Waals surface area (Å²) in [5, 5.41) is 8.90. The number of halogens is 2. The summed E-state index contributed by atoms with van der Waals surface area (Å²) in [6.45, 7) is -0.124. The molecule has 0 atom stereocenters. The maximum absolute atomic E-state index is 13.0. The summed E-state index contributed by atoms with van der Waals surface area (Å²) < 4.78 is 30.3. The second kappa shape index (κ2) is 6.02. The minimum absolute atomic E-state index is 0.0226. The van der Waals surface area contributed by atoms with Crippen molar-refractivity contribution < 1.29 is 18.3 Å². The number of carbonyl (C=O) groups excluding carboxylic acids is 1. The Labute approximate surface area is 102 Å². The molecule has 0 fully saturated rings. The molecule has 2 N–H and O–H groups in total. The van der Waals surface area contributed by atoms with Crippen molar-refractivity contribution in [2.24, 2.45) is 5.73 Å². The van der Waals surface area contributed by atoms with Crippen molar-refractivity contribution in [3.05, 3.63) is 28.6 Å². The lowest BCUT2D eigenvalue weighted by molar-refractivity contribution is -0.139. The molecule has 96 valence electrons. The second-order valence-electron chi connectivity index (χ2n) is 3.39. The van der Waals surface area contributed by atoms with E-state index in [1.54, 1.807) is 6.07 Å². The number of rotatable bonds is 4. The number of alkyl halides is 2. The number of nitriles is 1. The third kappa shape index (κ3) is 2.78. The molecule has 0 unspecified atom stereocenters. The minimum atomic E-state index is -2.88. The first-order chi connectivity index (χ1) is 8.54. The van der Waals surface area contributed by atoms with Crippen molar-refractivity contribution in [2.75, 3.05) is 7.11 Å². The van der Waals surface area contributed by atoms with Gasteiger partial charge in [0, 0.05) is 18.3 Å². The van der Waals surface area contributed by atoms with Gasteiger partial charge in [-0.2, -0.15) is 5.26 Å². The summed E-state index contributed by atoms with van der Waals surface area (Å²) in [4.78, 5) is 14.9. The van der Waals surface area contributed by atoms with E-state index in [0.717, 1.165) is 13.3 Å². The molecule has 1 rings (SSSR count). The van der Waals surface area contributed by atoms with Crippen molar-refractivity contribution in [3.8, 4) is 6.07 Å². The third-order valence-corrected chi connectivity index (χ3v) is 2.37. The highest BCUT2D eigenvalue weighted by Gasteiger charge is 2.23. The van der Waals surface area contributed by atoms with Gasteiger partial charge in [0.25, 0.3) is 6.43 Å². The normalized spacial score (nSPS) is 10.2. The number of aromatic nitrogens is 1. The highest BCUT2D eigenvalue weighted by atomic mass is 19.3. The fourth-order valence-corrected chi connectivity index (χ4v) is 1.50. The lowest BCUT2D eigenvalue weighted by Gasteiger charge is -2.11. The van der Waals surface area contributed by atoms with Gasteiger partial charge in [0.2, 0.25) is 0 Å². The van der Waals surface area contributed by atoms with E-state index in [1.165, 1.54) is 0 Å². The van der Waals surface area contributed by atoms with Crippen LogP contribution in [0, 0.1) is 11.3 Å². The summed E-state index contributed by atoms with van der Waals surface area (Å²) in [5.41, 5.74) is 4.61. The van der Waals surface area contributed by atoms with E-state index in [9.17, 15) is 13.6 Å². The fourth-order valence-electron chi connectivity index (χ4n) is 1.50. The maximum Gasteiger partial charge on any atom is 0.310 e. The smallest absolute Gasteiger partial charge is 0.310 e. The van der Waals surface area contributed by atoms with Crippen LogP contribution in [0.3, 0.4) is 0 Å². The van der Waals surface area contributed by atoms with Crippen LogP contribution in [0.4, 0.5) is 8.78 Å². The van der Waals surface area contributed by atoms with Gasteiger partial charge in [-0.05, 0) is 5.56 Å². The van der Waals surface area contributed by atoms with E-state index >= 15 is 0 Å². The third-order valence-electron chi connectivity index (χ3n) is 2.37. The van der Waals surface area contributed by atoms with Gasteiger partial charge in [0.05, 0.1) is 24.8 Å². The van der Waals surface area contributed by atoms with Crippen molar-refractivity contribution in [1.29, 1.82) is 5.26 Å². The van der Waals surface area contributed by atoms with Gasteiger partial charge in [-0.1, -0.05) is 0 Å². The van der Waals surface area contributed by atoms with Gasteiger partial charge < -0.3 is 10.5 Å². The molecule has 0 bridgehead atoms. The molecule has 1 aromatic heterocycles. The zero-order valence-corrected chi connectivity index (χ0v) is 9.61. The van der Waals surface area contributed by atoms with E-state index in [4.69, 9.17) is 11.0 Å². The van der Waals surface area contributed by atoms with E-state index in [0.29, 0.717) is 0 Å². The average molecular weight is 255 g/mol. The SMILES string of the molecule is COC(=O)Cc1cnc(CN)c(C#N)c1C(F)F. The van der Waals surface area contributed by atoms with Crippen molar-refractivity contribution >= 4 is 5.97 Å². The quantitative estimate of drug-likeness (QED) is 0.813. The lowest BCUT2D eigenvalue weighted by atomic mass is 10.00. The fraction of sp³-hybridized carbons (Fsp3) is 0.364. The first-order valence-corrected chi connectivity index (χ1v) is 5.00. The second-order valence-corrected chi connectivity index (χ2v) is 3.39. The number of esters is 1. The number of nitrogens with two attached hydrogens (primary N) is 1. The summed E-state index contributed by atoms with van der Waals surface area (Å²) in [7, 11) is 1.15. The minimum Gasteiger partial charge on any atom is -0.469 e. The van der Waals surface area contributed by atoms with Gasteiger partial charge in [0.15, 0.2) is 0 Å². The van der Waals surface area contributed by atoms with E-state index in [2.05, 4.69) is 9.72 Å². The molecule has 5 nitrogen and oxygen atoms in total. The van der Waals surface area contributed by atoms with E-state index in [1.807, 2.05) is 0 Å². The van der Waals surface area contributed by atoms with Crippen LogP contribution in [0.25, 0.3) is 0 Å². The number of carbonyl (C=O) groups is 1. The summed E-state index contributed by atoms with van der Waals surface area (Å²) in [6.07, 6.45) is -2.11. The number of nitrogens with zero attached hydrogens (tertiary/aromatic N) is 2. The van der Waals surface area contributed by atoms with Gasteiger partial charge in [-0.15, -0.1) is 0 Å². The zero-order valence-electron chi connectivity index (χ0n) is 9.61. The molecular formula is C11H11F2N3O2. The number of ether oxygens (including phenoxy) is 1. The van der Waals surface area contributed by atoms with E-state index < -0.39 is 18.0 Å². The molecular weight excluding hydrogens is 244 g/mol. The molecule has 1 aromatic rings. The molecule has 1 heterocycles. The Kier molecular flexibility index (Phi) is 4.68. The highest BCUT2D eigenvalue weighted by molar-refractivity contribution is 5.73. The van der Waals surface area contributed by atoms with Crippen molar-refractivity contribution in [1.82, 2.24) is 4.98 Å². The van der Waals surface area contributed by atoms with Crippen molar-refractivity contribution in [2.45, 2.75) is 19.4 Å². The van der Waals surface area contributed by atoms with Gasteiger partial charge in [-0.25, -0.2) is 8.78 Å². The molecule has 0 amide bonds. The molecule has 0 saturated heterocycles. The molecule has 0 aliphatic heterocycles. The Morgan fingerprint density at radius 2 is 2.33 bits per heavy atom. The Morgan fingerprint density at radius 3 is 2.78 bits per heavy atom. The van der Waals surface area contributed by atoms with Crippen LogP contribution in [-0.4, -0.2) is 18.1 Å². The molecule has 0 aromatic carbocycles. The maximum atomic E-state index is 13.0. The van der Waals surface area contributed by atoms with Crippen LogP contribution in [0.1, 0.15) is 28.8 Å². The van der Waals surface area contributed by atoms with Gasteiger partial charge >= 0.3 is 5.97 Å².